The topological polar surface area (TPSA) is 53.9 Å². The van der Waals surface area contributed by atoms with E-state index in [0.29, 0.717) is 5.69 Å². The summed E-state index contributed by atoms with van der Waals surface area (Å²) in [6.45, 7) is 0.805. The molecule has 0 spiro atoms. The fraction of sp³-hybridized carbons (Fsp3) is 0.250. The number of hydrogen-bond donors (Lipinski definition) is 1. The number of nitrogens with one attached hydrogen (secondary N) is 1. The predicted octanol–water partition coefficient (Wildman–Crippen LogP) is 3.06. The zero-order valence-corrected chi connectivity index (χ0v) is 13.0. The summed E-state index contributed by atoms with van der Waals surface area (Å²) in [6, 6.07) is 10.1. The van der Waals surface area contributed by atoms with E-state index in [4.69, 9.17) is 0 Å². The first-order valence-corrected chi connectivity index (χ1v) is 8.13. The maximum absolute atomic E-state index is 12.7. The largest absolute Gasteiger partial charge is 0.349 e. The first-order chi connectivity index (χ1) is 10.7. The summed E-state index contributed by atoms with van der Waals surface area (Å²) >= 11 is 1.71. The Balaban J connectivity index is 1.57. The molecule has 1 saturated heterocycles. The summed E-state index contributed by atoms with van der Waals surface area (Å²) in [5, 5.41) is 9.22. The van der Waals surface area contributed by atoms with Gasteiger partial charge in [0.05, 0.1) is 11.7 Å². The van der Waals surface area contributed by atoms with Gasteiger partial charge >= 0.3 is 0 Å². The number of aryl methyl sites for hydroxylation is 1. The van der Waals surface area contributed by atoms with Crippen molar-refractivity contribution >= 4 is 17.2 Å². The molecule has 1 atom stereocenters. The molecule has 0 aliphatic carbocycles. The van der Waals surface area contributed by atoms with E-state index in [9.17, 15) is 4.79 Å². The first kappa shape index (κ1) is 13.3. The van der Waals surface area contributed by atoms with Crippen LogP contribution >= 0.6 is 11.3 Å². The second-order valence-electron chi connectivity index (χ2n) is 5.49. The van der Waals surface area contributed by atoms with Crippen LogP contribution in [-0.2, 0) is 7.05 Å². The lowest BCUT2D eigenvalue weighted by Gasteiger charge is -2.40. The zero-order valence-electron chi connectivity index (χ0n) is 12.2. The fourth-order valence-corrected chi connectivity index (χ4v) is 3.73. The molecule has 0 bridgehead atoms. The molecule has 1 fully saturated rings. The molecule has 3 aromatic heterocycles. The van der Waals surface area contributed by atoms with Crippen LogP contribution in [0.3, 0.4) is 0 Å². The third-order valence-electron chi connectivity index (χ3n) is 4.17. The Kier molecular flexibility index (Phi) is 3.11. The number of carbonyl (C=O) groups excluding carboxylic acids is 1. The fourth-order valence-electron chi connectivity index (χ4n) is 2.85. The summed E-state index contributed by atoms with van der Waals surface area (Å²) < 4.78 is 1.99. The molecule has 1 unspecified atom stereocenters. The van der Waals surface area contributed by atoms with Gasteiger partial charge in [0.1, 0.15) is 11.4 Å². The number of aromatic amines is 1. The average molecular weight is 312 g/mol. The van der Waals surface area contributed by atoms with E-state index in [-0.39, 0.29) is 11.9 Å². The Bertz CT molecular complexity index is 802. The maximum atomic E-state index is 12.7. The van der Waals surface area contributed by atoms with Gasteiger partial charge in [-0.15, -0.1) is 11.3 Å². The molecule has 112 valence electrons. The molecule has 1 N–H and O–H groups in total. The van der Waals surface area contributed by atoms with E-state index in [2.05, 4.69) is 21.6 Å². The molecule has 0 aromatic carbocycles. The van der Waals surface area contributed by atoms with E-state index in [0.717, 1.165) is 24.4 Å². The van der Waals surface area contributed by atoms with Crippen LogP contribution in [0.2, 0.25) is 0 Å². The van der Waals surface area contributed by atoms with Gasteiger partial charge in [0, 0.05) is 24.7 Å². The van der Waals surface area contributed by atoms with Gasteiger partial charge in [-0.25, -0.2) is 0 Å². The molecule has 1 aliphatic rings. The van der Waals surface area contributed by atoms with Crippen LogP contribution in [-0.4, -0.2) is 32.1 Å². The van der Waals surface area contributed by atoms with Crippen LogP contribution < -0.4 is 0 Å². The molecule has 6 heteroatoms. The van der Waals surface area contributed by atoms with Crippen molar-refractivity contribution in [2.45, 2.75) is 12.5 Å². The molecule has 5 nitrogen and oxygen atoms in total. The Morgan fingerprint density at radius 2 is 2.32 bits per heavy atom. The highest BCUT2D eigenvalue weighted by molar-refractivity contribution is 7.10. The molecule has 1 amide bonds. The summed E-state index contributed by atoms with van der Waals surface area (Å²) in [5.41, 5.74) is 2.34. The van der Waals surface area contributed by atoms with Crippen LogP contribution in [0.1, 0.15) is 27.8 Å². The standard InChI is InChI=1S/C16H16N4OS/c1-19-7-2-4-13(19)11-10-12(18-17-11)16(21)20-8-6-14(20)15-5-3-9-22-15/h2-5,7,9-10,14H,6,8H2,1H3,(H,17,18). The summed E-state index contributed by atoms with van der Waals surface area (Å²) in [5.74, 6) is 0.0256. The number of likely N-dealkylation sites (tertiary alicyclic amines) is 1. The van der Waals surface area contributed by atoms with Crippen molar-refractivity contribution in [1.29, 1.82) is 0 Å². The van der Waals surface area contributed by atoms with Gasteiger partial charge in [0.25, 0.3) is 5.91 Å². The monoisotopic (exact) mass is 312 g/mol. The summed E-state index contributed by atoms with van der Waals surface area (Å²) in [7, 11) is 1.97. The Hall–Kier alpha value is -2.34. The number of amides is 1. The minimum Gasteiger partial charge on any atom is -0.349 e. The van der Waals surface area contributed by atoms with Gasteiger partial charge in [0.15, 0.2) is 0 Å². The highest BCUT2D eigenvalue weighted by Gasteiger charge is 2.35. The van der Waals surface area contributed by atoms with Crippen LogP contribution in [0.25, 0.3) is 11.4 Å². The molecular weight excluding hydrogens is 296 g/mol. The Morgan fingerprint density at radius 3 is 2.95 bits per heavy atom. The molecule has 0 saturated carbocycles. The van der Waals surface area contributed by atoms with Gasteiger partial charge in [-0.3, -0.25) is 9.89 Å². The van der Waals surface area contributed by atoms with Crippen molar-refractivity contribution in [3.8, 4) is 11.4 Å². The molecule has 1 aliphatic heterocycles. The van der Waals surface area contributed by atoms with Gasteiger partial charge < -0.3 is 9.47 Å². The van der Waals surface area contributed by atoms with Crippen LogP contribution in [0.5, 0.6) is 0 Å². The van der Waals surface area contributed by atoms with Gasteiger partial charge in [0.2, 0.25) is 0 Å². The summed E-state index contributed by atoms with van der Waals surface area (Å²) in [4.78, 5) is 15.8. The highest BCUT2D eigenvalue weighted by atomic mass is 32.1. The Morgan fingerprint density at radius 1 is 1.41 bits per heavy atom. The third kappa shape index (κ3) is 2.07. The first-order valence-electron chi connectivity index (χ1n) is 7.25. The smallest absolute Gasteiger partial charge is 0.272 e. The van der Waals surface area contributed by atoms with E-state index in [1.54, 1.807) is 11.3 Å². The van der Waals surface area contributed by atoms with E-state index in [1.165, 1.54) is 4.88 Å². The van der Waals surface area contributed by atoms with Crippen LogP contribution in [0, 0.1) is 0 Å². The molecule has 22 heavy (non-hydrogen) atoms. The highest BCUT2D eigenvalue weighted by Crippen LogP contribution is 2.36. The van der Waals surface area contributed by atoms with Gasteiger partial charge in [-0.05, 0) is 36.1 Å². The predicted molar refractivity (Wildman–Crippen MR) is 85.7 cm³/mol. The van der Waals surface area contributed by atoms with E-state index in [1.807, 2.05) is 47.0 Å². The van der Waals surface area contributed by atoms with Crippen molar-refractivity contribution in [3.05, 3.63) is 52.5 Å². The molecule has 0 radical (unpaired) electrons. The summed E-state index contributed by atoms with van der Waals surface area (Å²) in [6.07, 6.45) is 3.00. The third-order valence-corrected chi connectivity index (χ3v) is 5.14. The molecular formula is C16H16N4OS. The van der Waals surface area contributed by atoms with Gasteiger partial charge in [-0.1, -0.05) is 6.07 Å². The maximum Gasteiger partial charge on any atom is 0.272 e. The number of aromatic nitrogens is 3. The number of nitrogens with zero attached hydrogens (tertiary/aromatic N) is 3. The van der Waals surface area contributed by atoms with E-state index < -0.39 is 0 Å². The normalized spacial score (nSPS) is 17.5. The number of carbonyl (C=O) groups is 1. The van der Waals surface area contributed by atoms with Crippen molar-refractivity contribution in [2.75, 3.05) is 6.54 Å². The van der Waals surface area contributed by atoms with Crippen LogP contribution in [0.15, 0.2) is 41.9 Å². The van der Waals surface area contributed by atoms with E-state index >= 15 is 0 Å². The van der Waals surface area contributed by atoms with Crippen molar-refractivity contribution in [1.82, 2.24) is 19.7 Å². The molecule has 4 rings (SSSR count). The second-order valence-corrected chi connectivity index (χ2v) is 6.47. The van der Waals surface area contributed by atoms with Gasteiger partial charge in [-0.2, -0.15) is 5.10 Å². The number of thiophene rings is 1. The quantitative estimate of drug-likeness (QED) is 0.808. The lowest BCUT2D eigenvalue weighted by atomic mass is 10.0. The lowest BCUT2D eigenvalue weighted by Crippen LogP contribution is -2.44. The van der Waals surface area contributed by atoms with Crippen molar-refractivity contribution < 1.29 is 4.79 Å². The minimum absolute atomic E-state index is 0.0256. The Labute approximate surface area is 132 Å². The average Bonchev–Trinajstić information content (AvgIpc) is 3.17. The van der Waals surface area contributed by atoms with Crippen molar-refractivity contribution in [3.63, 3.8) is 0 Å². The molecule has 4 heterocycles. The zero-order chi connectivity index (χ0) is 15.1. The molecule has 3 aromatic rings. The second kappa shape index (κ2) is 5.14. The van der Waals surface area contributed by atoms with Crippen molar-refractivity contribution in [2.24, 2.45) is 7.05 Å². The minimum atomic E-state index is 0.0256. The number of hydrogen-bond acceptors (Lipinski definition) is 3. The lowest BCUT2D eigenvalue weighted by molar-refractivity contribution is 0.0462. The number of H-pyrrole nitrogens is 1. The van der Waals surface area contributed by atoms with Crippen LogP contribution in [0.4, 0.5) is 0 Å². The number of rotatable bonds is 3. The SMILES string of the molecule is Cn1cccc1-c1cc(C(=O)N2CCC2c2cccs2)[nH]n1.